The minimum atomic E-state index is -2.94. The van der Waals surface area contributed by atoms with Gasteiger partial charge in [0.1, 0.15) is 5.75 Å². The molecule has 0 saturated carbocycles. The van der Waals surface area contributed by atoms with Gasteiger partial charge in [-0.25, -0.2) is 0 Å². The zero-order chi connectivity index (χ0) is 20.7. The SMILES string of the molecule is CCOc1cc(CN(C)C(=O)COc2ccc(Cl)c(C)c2)ccc1OC(F)F. The number of aryl methyl sites for hydroxylation is 1. The van der Waals surface area contributed by atoms with Gasteiger partial charge in [-0.3, -0.25) is 4.79 Å². The van der Waals surface area contributed by atoms with E-state index >= 15 is 0 Å². The van der Waals surface area contributed by atoms with E-state index in [1.54, 1.807) is 44.3 Å². The molecule has 0 N–H and O–H groups in total. The lowest BCUT2D eigenvalue weighted by Crippen LogP contribution is -2.31. The average molecular weight is 414 g/mol. The molecule has 0 aliphatic rings. The summed E-state index contributed by atoms with van der Waals surface area (Å²) in [5.74, 6) is 0.472. The van der Waals surface area contributed by atoms with E-state index in [4.69, 9.17) is 21.1 Å². The molecule has 0 aliphatic heterocycles. The van der Waals surface area contributed by atoms with Crippen molar-refractivity contribution in [3.8, 4) is 17.2 Å². The third-order valence-corrected chi connectivity index (χ3v) is 4.29. The maximum Gasteiger partial charge on any atom is 0.387 e. The normalized spacial score (nSPS) is 10.7. The van der Waals surface area contributed by atoms with Crippen molar-refractivity contribution in [3.05, 3.63) is 52.5 Å². The van der Waals surface area contributed by atoms with Gasteiger partial charge in [0.05, 0.1) is 6.61 Å². The Morgan fingerprint density at radius 3 is 2.54 bits per heavy atom. The first kappa shape index (κ1) is 21.8. The molecule has 1 amide bonds. The second-order valence-electron chi connectivity index (χ2n) is 6.04. The first-order chi connectivity index (χ1) is 13.3. The molecule has 2 rings (SSSR count). The fraction of sp³-hybridized carbons (Fsp3) is 0.350. The molecule has 2 aromatic rings. The molecule has 0 aromatic heterocycles. The number of carbonyl (C=O) groups excluding carboxylic acids is 1. The van der Waals surface area contributed by atoms with Gasteiger partial charge in [0, 0.05) is 18.6 Å². The average Bonchev–Trinajstić information content (AvgIpc) is 2.64. The van der Waals surface area contributed by atoms with E-state index < -0.39 is 6.61 Å². The molecule has 2 aromatic carbocycles. The summed E-state index contributed by atoms with van der Waals surface area (Å²) in [5, 5.41) is 0.625. The third-order valence-electron chi connectivity index (χ3n) is 3.86. The van der Waals surface area contributed by atoms with Crippen LogP contribution in [-0.2, 0) is 11.3 Å². The first-order valence-corrected chi connectivity index (χ1v) is 9.01. The maximum atomic E-state index is 12.5. The highest BCUT2D eigenvalue weighted by molar-refractivity contribution is 6.31. The van der Waals surface area contributed by atoms with Crippen LogP contribution in [0, 0.1) is 6.92 Å². The van der Waals surface area contributed by atoms with Crippen molar-refractivity contribution in [3.63, 3.8) is 0 Å². The van der Waals surface area contributed by atoms with Gasteiger partial charge < -0.3 is 19.1 Å². The number of likely N-dealkylation sites (N-methyl/N-ethyl adjacent to an activating group) is 1. The number of hydrogen-bond acceptors (Lipinski definition) is 4. The summed E-state index contributed by atoms with van der Waals surface area (Å²) < 4.78 is 40.3. The number of hydrogen-bond donors (Lipinski definition) is 0. The molecule has 0 radical (unpaired) electrons. The third kappa shape index (κ3) is 6.27. The number of benzene rings is 2. The minimum Gasteiger partial charge on any atom is -0.490 e. The Kier molecular flexibility index (Phi) is 7.87. The van der Waals surface area contributed by atoms with Gasteiger partial charge in [0.15, 0.2) is 18.1 Å². The molecule has 0 heterocycles. The monoisotopic (exact) mass is 413 g/mol. The number of halogens is 3. The summed E-state index contributed by atoms with van der Waals surface area (Å²) in [6.45, 7) is 1.07. The fourth-order valence-electron chi connectivity index (χ4n) is 2.44. The van der Waals surface area contributed by atoms with Crippen molar-refractivity contribution in [2.45, 2.75) is 27.0 Å². The van der Waals surface area contributed by atoms with Crippen molar-refractivity contribution in [1.29, 1.82) is 0 Å². The smallest absolute Gasteiger partial charge is 0.387 e. The van der Waals surface area contributed by atoms with Crippen LogP contribution in [0.25, 0.3) is 0 Å². The zero-order valence-corrected chi connectivity index (χ0v) is 16.6. The Morgan fingerprint density at radius 2 is 1.89 bits per heavy atom. The standard InChI is InChI=1S/C20H22ClF2NO4/c1-4-26-18-10-14(5-8-17(18)28-20(22)23)11-24(3)19(25)12-27-15-6-7-16(21)13(2)9-15/h5-10,20H,4,11-12H2,1-3H3. The quantitative estimate of drug-likeness (QED) is 0.598. The second kappa shape index (κ2) is 10.1. The summed E-state index contributed by atoms with van der Waals surface area (Å²) in [6.07, 6.45) is 0. The molecule has 0 aliphatic carbocycles. The van der Waals surface area contributed by atoms with E-state index in [0.29, 0.717) is 22.9 Å². The Balaban J connectivity index is 1.98. The number of alkyl halides is 2. The van der Waals surface area contributed by atoms with Gasteiger partial charge in [-0.05, 0) is 55.3 Å². The maximum absolute atomic E-state index is 12.5. The van der Waals surface area contributed by atoms with Crippen molar-refractivity contribution in [2.75, 3.05) is 20.3 Å². The van der Waals surface area contributed by atoms with Crippen LogP contribution in [0.3, 0.4) is 0 Å². The molecular weight excluding hydrogens is 392 g/mol. The molecule has 152 valence electrons. The Hall–Kier alpha value is -2.54. The van der Waals surface area contributed by atoms with Gasteiger partial charge >= 0.3 is 6.61 Å². The molecule has 0 atom stereocenters. The molecule has 0 fully saturated rings. The van der Waals surface area contributed by atoms with E-state index in [1.807, 2.05) is 6.92 Å². The van der Waals surface area contributed by atoms with Crippen LogP contribution in [-0.4, -0.2) is 37.7 Å². The van der Waals surface area contributed by atoms with Crippen molar-refractivity contribution in [2.24, 2.45) is 0 Å². The van der Waals surface area contributed by atoms with Crippen molar-refractivity contribution < 1.29 is 27.8 Å². The Labute approximate surface area is 167 Å². The van der Waals surface area contributed by atoms with Crippen molar-refractivity contribution >= 4 is 17.5 Å². The molecule has 0 bridgehead atoms. The van der Waals surface area contributed by atoms with Crippen LogP contribution in [0.2, 0.25) is 5.02 Å². The lowest BCUT2D eigenvalue weighted by Gasteiger charge is -2.19. The van der Waals surface area contributed by atoms with Gasteiger partial charge in [0.25, 0.3) is 5.91 Å². The van der Waals surface area contributed by atoms with Crippen LogP contribution in [0.5, 0.6) is 17.2 Å². The van der Waals surface area contributed by atoms with Gasteiger partial charge in [-0.2, -0.15) is 8.78 Å². The fourth-order valence-corrected chi connectivity index (χ4v) is 2.55. The highest BCUT2D eigenvalue weighted by atomic mass is 35.5. The minimum absolute atomic E-state index is 0.0454. The predicted molar refractivity (Wildman–Crippen MR) is 102 cm³/mol. The lowest BCUT2D eigenvalue weighted by atomic mass is 10.2. The van der Waals surface area contributed by atoms with Crippen molar-refractivity contribution in [1.82, 2.24) is 4.90 Å². The van der Waals surface area contributed by atoms with Gasteiger partial charge in [-0.1, -0.05) is 17.7 Å². The van der Waals surface area contributed by atoms with E-state index in [2.05, 4.69) is 4.74 Å². The molecule has 0 spiro atoms. The predicted octanol–water partition coefficient (Wildman–Crippen LogP) is 4.69. The molecule has 28 heavy (non-hydrogen) atoms. The highest BCUT2D eigenvalue weighted by Gasteiger charge is 2.15. The lowest BCUT2D eigenvalue weighted by molar-refractivity contribution is -0.132. The summed E-state index contributed by atoms with van der Waals surface area (Å²) in [7, 11) is 1.63. The van der Waals surface area contributed by atoms with Crippen LogP contribution < -0.4 is 14.2 Å². The Bertz CT molecular complexity index is 817. The summed E-state index contributed by atoms with van der Waals surface area (Å²) in [4.78, 5) is 13.8. The summed E-state index contributed by atoms with van der Waals surface area (Å²) in [5.41, 5.74) is 1.57. The first-order valence-electron chi connectivity index (χ1n) is 8.63. The molecular formula is C20H22ClF2NO4. The summed E-state index contributed by atoms with van der Waals surface area (Å²) >= 11 is 5.97. The van der Waals surface area contributed by atoms with E-state index in [0.717, 1.165) is 5.56 Å². The number of amides is 1. The molecule has 5 nitrogen and oxygen atoms in total. The van der Waals surface area contributed by atoms with E-state index in [9.17, 15) is 13.6 Å². The summed E-state index contributed by atoms with van der Waals surface area (Å²) in [6, 6.07) is 9.74. The van der Waals surface area contributed by atoms with Crippen LogP contribution >= 0.6 is 11.6 Å². The van der Waals surface area contributed by atoms with Crippen LogP contribution in [0.15, 0.2) is 36.4 Å². The molecule has 0 saturated heterocycles. The number of carbonyl (C=O) groups is 1. The number of rotatable bonds is 9. The highest BCUT2D eigenvalue weighted by Crippen LogP contribution is 2.30. The van der Waals surface area contributed by atoms with E-state index in [-0.39, 0.29) is 30.6 Å². The second-order valence-corrected chi connectivity index (χ2v) is 6.45. The largest absolute Gasteiger partial charge is 0.490 e. The van der Waals surface area contributed by atoms with Crippen LogP contribution in [0.4, 0.5) is 8.78 Å². The molecule has 0 unspecified atom stereocenters. The topological polar surface area (TPSA) is 48.0 Å². The number of nitrogens with zero attached hydrogens (tertiary/aromatic N) is 1. The van der Waals surface area contributed by atoms with Gasteiger partial charge in [-0.15, -0.1) is 0 Å². The zero-order valence-electron chi connectivity index (χ0n) is 15.9. The van der Waals surface area contributed by atoms with Gasteiger partial charge in [0.2, 0.25) is 0 Å². The molecule has 8 heteroatoms. The number of ether oxygens (including phenoxy) is 3. The Morgan fingerprint density at radius 1 is 1.14 bits per heavy atom. The van der Waals surface area contributed by atoms with Crippen LogP contribution in [0.1, 0.15) is 18.1 Å². The van der Waals surface area contributed by atoms with E-state index in [1.165, 1.54) is 11.0 Å².